The van der Waals surface area contributed by atoms with E-state index in [0.29, 0.717) is 16.3 Å². The van der Waals surface area contributed by atoms with Crippen molar-refractivity contribution in [1.29, 1.82) is 0 Å². The molecule has 1 aliphatic carbocycles. The molecule has 0 amide bonds. The summed E-state index contributed by atoms with van der Waals surface area (Å²) in [7, 11) is 1.74. The molecule has 5 nitrogen and oxygen atoms in total. The van der Waals surface area contributed by atoms with Gasteiger partial charge in [-0.1, -0.05) is 16.4 Å². The third-order valence-electron chi connectivity index (χ3n) is 2.76. The summed E-state index contributed by atoms with van der Waals surface area (Å²) in [6.45, 7) is -0.0770. The summed E-state index contributed by atoms with van der Waals surface area (Å²) in [5.41, 5.74) is 0. The first kappa shape index (κ1) is 11.8. The van der Waals surface area contributed by atoms with E-state index in [1.807, 2.05) is 0 Å². The maximum absolute atomic E-state index is 8.87. The van der Waals surface area contributed by atoms with Crippen LogP contribution in [0.4, 0.5) is 0 Å². The molecule has 1 aliphatic rings. The molecular formula is C10H16N2O3S. The van der Waals surface area contributed by atoms with Crippen LogP contribution in [0.5, 0.6) is 5.19 Å². The monoisotopic (exact) mass is 244 g/mol. The van der Waals surface area contributed by atoms with Crippen molar-refractivity contribution in [3.8, 4) is 5.19 Å². The molecule has 1 aromatic rings. The molecular weight excluding hydrogens is 228 g/mol. The molecule has 2 rings (SSSR count). The topological polar surface area (TPSA) is 64.5 Å². The first-order valence-electron chi connectivity index (χ1n) is 5.44. The lowest BCUT2D eigenvalue weighted by atomic mass is 9.95. The SMILES string of the molecule is COC1CCCC(Oc2nnc(CO)s2)C1. The summed E-state index contributed by atoms with van der Waals surface area (Å²) >= 11 is 1.30. The molecule has 2 unspecified atom stereocenters. The second-order valence-electron chi connectivity index (χ2n) is 3.88. The summed E-state index contributed by atoms with van der Waals surface area (Å²) in [4.78, 5) is 0. The van der Waals surface area contributed by atoms with E-state index in [1.54, 1.807) is 7.11 Å². The lowest BCUT2D eigenvalue weighted by Gasteiger charge is -2.27. The van der Waals surface area contributed by atoms with E-state index in [4.69, 9.17) is 14.6 Å². The Kier molecular flexibility index (Phi) is 4.09. The van der Waals surface area contributed by atoms with E-state index < -0.39 is 0 Å². The van der Waals surface area contributed by atoms with E-state index in [1.165, 1.54) is 11.3 Å². The molecule has 1 N–H and O–H groups in total. The minimum Gasteiger partial charge on any atom is -0.466 e. The van der Waals surface area contributed by atoms with Crippen LogP contribution in [-0.2, 0) is 11.3 Å². The molecule has 16 heavy (non-hydrogen) atoms. The van der Waals surface area contributed by atoms with Crippen LogP contribution in [0, 0.1) is 0 Å². The molecule has 0 bridgehead atoms. The van der Waals surface area contributed by atoms with Crippen molar-refractivity contribution >= 4 is 11.3 Å². The molecule has 0 aromatic carbocycles. The predicted octanol–water partition coefficient (Wildman–Crippen LogP) is 1.37. The second kappa shape index (κ2) is 5.56. The van der Waals surface area contributed by atoms with Gasteiger partial charge in [0.25, 0.3) is 5.19 Å². The number of aliphatic hydroxyl groups is 1. The summed E-state index contributed by atoms with van der Waals surface area (Å²) in [6.07, 6.45) is 4.63. The Bertz CT molecular complexity index is 332. The van der Waals surface area contributed by atoms with Crippen LogP contribution in [0.25, 0.3) is 0 Å². The van der Waals surface area contributed by atoms with E-state index in [-0.39, 0.29) is 12.7 Å². The van der Waals surface area contributed by atoms with Gasteiger partial charge in [-0.3, -0.25) is 0 Å². The van der Waals surface area contributed by atoms with Crippen molar-refractivity contribution in [3.63, 3.8) is 0 Å². The minimum absolute atomic E-state index is 0.0770. The van der Waals surface area contributed by atoms with Crippen molar-refractivity contribution in [2.45, 2.75) is 44.5 Å². The van der Waals surface area contributed by atoms with Gasteiger partial charge in [-0.05, 0) is 19.3 Å². The highest BCUT2D eigenvalue weighted by Gasteiger charge is 2.24. The molecule has 1 heterocycles. The van der Waals surface area contributed by atoms with Gasteiger partial charge < -0.3 is 14.6 Å². The molecule has 0 aliphatic heterocycles. The second-order valence-corrected chi connectivity index (χ2v) is 4.91. The van der Waals surface area contributed by atoms with Gasteiger partial charge in [0.05, 0.1) is 12.7 Å². The maximum Gasteiger partial charge on any atom is 0.294 e. The predicted molar refractivity (Wildman–Crippen MR) is 59.5 cm³/mol. The highest BCUT2D eigenvalue weighted by atomic mass is 32.1. The quantitative estimate of drug-likeness (QED) is 0.866. The van der Waals surface area contributed by atoms with Crippen LogP contribution in [-0.4, -0.2) is 34.6 Å². The van der Waals surface area contributed by atoms with Gasteiger partial charge >= 0.3 is 0 Å². The fraction of sp³-hybridized carbons (Fsp3) is 0.800. The number of hydrogen-bond donors (Lipinski definition) is 1. The number of aliphatic hydroxyl groups excluding tert-OH is 1. The Morgan fingerprint density at radius 1 is 1.38 bits per heavy atom. The molecule has 0 spiro atoms. The van der Waals surface area contributed by atoms with Gasteiger partial charge in [0, 0.05) is 13.5 Å². The molecule has 1 saturated carbocycles. The Morgan fingerprint density at radius 2 is 2.19 bits per heavy atom. The van der Waals surface area contributed by atoms with Crippen molar-refractivity contribution in [3.05, 3.63) is 5.01 Å². The van der Waals surface area contributed by atoms with E-state index >= 15 is 0 Å². The standard InChI is InChI=1S/C10H16N2O3S/c1-14-7-3-2-4-8(5-7)15-10-12-11-9(6-13)16-10/h7-8,13H,2-6H2,1H3. The van der Waals surface area contributed by atoms with Crippen LogP contribution < -0.4 is 4.74 Å². The number of aromatic nitrogens is 2. The van der Waals surface area contributed by atoms with Gasteiger partial charge in [0.1, 0.15) is 11.1 Å². The molecule has 6 heteroatoms. The van der Waals surface area contributed by atoms with Crippen LogP contribution in [0.15, 0.2) is 0 Å². The molecule has 0 saturated heterocycles. The summed E-state index contributed by atoms with van der Waals surface area (Å²) < 4.78 is 11.1. The fourth-order valence-corrected chi connectivity index (χ4v) is 2.53. The number of hydrogen-bond acceptors (Lipinski definition) is 6. The van der Waals surface area contributed by atoms with Crippen LogP contribution >= 0.6 is 11.3 Å². The molecule has 1 aromatic heterocycles. The Morgan fingerprint density at radius 3 is 2.88 bits per heavy atom. The van der Waals surface area contributed by atoms with Gasteiger partial charge in [-0.15, -0.1) is 5.10 Å². The van der Waals surface area contributed by atoms with Crippen LogP contribution in [0.3, 0.4) is 0 Å². The third-order valence-corrected chi connectivity index (χ3v) is 3.56. The average Bonchev–Trinajstić information content (AvgIpc) is 2.77. The van der Waals surface area contributed by atoms with Gasteiger partial charge in [0.2, 0.25) is 0 Å². The first-order valence-corrected chi connectivity index (χ1v) is 6.26. The Hall–Kier alpha value is -0.720. The zero-order valence-electron chi connectivity index (χ0n) is 9.26. The van der Waals surface area contributed by atoms with Crippen molar-refractivity contribution in [1.82, 2.24) is 10.2 Å². The summed E-state index contributed by atoms with van der Waals surface area (Å²) in [5, 5.41) is 17.7. The normalized spacial score (nSPS) is 25.6. The van der Waals surface area contributed by atoms with E-state index in [9.17, 15) is 0 Å². The molecule has 1 fully saturated rings. The van der Waals surface area contributed by atoms with Crippen LogP contribution in [0.2, 0.25) is 0 Å². The molecule has 2 atom stereocenters. The Balaban J connectivity index is 1.88. The largest absolute Gasteiger partial charge is 0.466 e. The minimum atomic E-state index is -0.0770. The third kappa shape index (κ3) is 2.90. The number of rotatable bonds is 4. The summed E-state index contributed by atoms with van der Waals surface area (Å²) in [6, 6.07) is 0. The fourth-order valence-electron chi connectivity index (χ4n) is 1.92. The van der Waals surface area contributed by atoms with Crippen molar-refractivity contribution in [2.75, 3.05) is 7.11 Å². The highest BCUT2D eigenvalue weighted by Crippen LogP contribution is 2.26. The van der Waals surface area contributed by atoms with E-state index in [2.05, 4.69) is 10.2 Å². The zero-order chi connectivity index (χ0) is 11.4. The number of methoxy groups -OCH3 is 1. The first-order chi connectivity index (χ1) is 7.81. The van der Waals surface area contributed by atoms with Crippen molar-refractivity contribution < 1.29 is 14.6 Å². The smallest absolute Gasteiger partial charge is 0.294 e. The van der Waals surface area contributed by atoms with Gasteiger partial charge in [-0.2, -0.15) is 0 Å². The van der Waals surface area contributed by atoms with Gasteiger partial charge in [-0.25, -0.2) is 0 Å². The van der Waals surface area contributed by atoms with Gasteiger partial charge in [0.15, 0.2) is 0 Å². The number of nitrogens with zero attached hydrogens (tertiary/aromatic N) is 2. The highest BCUT2D eigenvalue weighted by molar-refractivity contribution is 7.13. The molecule has 90 valence electrons. The van der Waals surface area contributed by atoms with E-state index in [0.717, 1.165) is 25.7 Å². The maximum atomic E-state index is 8.87. The van der Waals surface area contributed by atoms with Crippen molar-refractivity contribution in [2.24, 2.45) is 0 Å². The lowest BCUT2D eigenvalue weighted by Crippen LogP contribution is -2.29. The lowest BCUT2D eigenvalue weighted by molar-refractivity contribution is 0.0207. The number of ether oxygens (including phenoxy) is 2. The molecule has 0 radical (unpaired) electrons. The average molecular weight is 244 g/mol. The Labute approximate surface area is 98.4 Å². The summed E-state index contributed by atoms with van der Waals surface area (Å²) in [5.74, 6) is 0. The zero-order valence-corrected chi connectivity index (χ0v) is 10.1. The van der Waals surface area contributed by atoms with Crippen LogP contribution in [0.1, 0.15) is 30.7 Å².